The second-order valence-electron chi connectivity index (χ2n) is 5.37. The van der Waals surface area contributed by atoms with Gasteiger partial charge in [-0.25, -0.2) is 4.98 Å². The second kappa shape index (κ2) is 5.90. The predicted octanol–water partition coefficient (Wildman–Crippen LogP) is 4.74. The van der Waals surface area contributed by atoms with Gasteiger partial charge in [0.2, 0.25) is 0 Å². The van der Waals surface area contributed by atoms with Crippen LogP contribution in [0.3, 0.4) is 0 Å². The third-order valence-electron chi connectivity index (χ3n) is 3.98. The van der Waals surface area contributed by atoms with Crippen molar-refractivity contribution in [3.05, 3.63) is 65.5 Å². The lowest BCUT2D eigenvalue weighted by molar-refractivity contribution is 0.624. The summed E-state index contributed by atoms with van der Waals surface area (Å²) < 4.78 is 2.32. The van der Waals surface area contributed by atoms with Crippen LogP contribution in [0.2, 0.25) is 0 Å². The van der Waals surface area contributed by atoms with Gasteiger partial charge in [0.15, 0.2) is 0 Å². The first-order chi connectivity index (χ1) is 10.2. The fraction of sp³-hybridized carbons (Fsp3) is 0.278. The van der Waals surface area contributed by atoms with E-state index < -0.39 is 0 Å². The smallest absolute Gasteiger partial charge is 0.111 e. The lowest BCUT2D eigenvalue weighted by Crippen LogP contribution is -2.11. The number of halogens is 1. The zero-order valence-electron chi connectivity index (χ0n) is 12.4. The molecule has 1 aromatic heterocycles. The van der Waals surface area contributed by atoms with Crippen LogP contribution in [-0.2, 0) is 6.42 Å². The van der Waals surface area contributed by atoms with Crippen LogP contribution in [0, 0.1) is 6.92 Å². The molecule has 1 atom stereocenters. The number of para-hydroxylation sites is 1. The summed E-state index contributed by atoms with van der Waals surface area (Å²) in [5.41, 5.74) is 4.77. The molecule has 3 rings (SSSR count). The Morgan fingerprint density at radius 1 is 1.10 bits per heavy atom. The summed E-state index contributed by atoms with van der Waals surface area (Å²) in [6, 6.07) is 17.1. The number of imidazole rings is 1. The van der Waals surface area contributed by atoms with E-state index in [1.54, 1.807) is 0 Å². The summed E-state index contributed by atoms with van der Waals surface area (Å²) in [5, 5.41) is 0. The highest BCUT2D eigenvalue weighted by molar-refractivity contribution is 6.17. The number of aryl methyl sites for hydroxylation is 2. The molecule has 0 bridgehead atoms. The summed E-state index contributed by atoms with van der Waals surface area (Å²) >= 11 is 5.97. The van der Waals surface area contributed by atoms with E-state index in [0.717, 1.165) is 17.8 Å². The van der Waals surface area contributed by atoms with E-state index in [4.69, 9.17) is 16.6 Å². The summed E-state index contributed by atoms with van der Waals surface area (Å²) in [6.07, 6.45) is 0.785. The van der Waals surface area contributed by atoms with Gasteiger partial charge >= 0.3 is 0 Å². The zero-order valence-corrected chi connectivity index (χ0v) is 13.1. The highest BCUT2D eigenvalue weighted by Gasteiger charge is 2.17. The van der Waals surface area contributed by atoms with E-state index in [9.17, 15) is 0 Å². The molecule has 2 aromatic carbocycles. The molecule has 0 aliphatic rings. The molecule has 108 valence electrons. The SMILES string of the molecule is Cc1cccc2c1nc(CCCl)n2C(C)c1ccccc1. The van der Waals surface area contributed by atoms with E-state index in [0.29, 0.717) is 5.88 Å². The third kappa shape index (κ3) is 2.56. The van der Waals surface area contributed by atoms with Gasteiger partial charge in [0.1, 0.15) is 5.82 Å². The second-order valence-corrected chi connectivity index (χ2v) is 5.74. The van der Waals surface area contributed by atoms with E-state index in [2.05, 4.69) is 60.9 Å². The number of alkyl halides is 1. The van der Waals surface area contributed by atoms with Gasteiger partial charge in [-0.1, -0.05) is 42.5 Å². The molecule has 0 saturated carbocycles. The highest BCUT2D eigenvalue weighted by Crippen LogP contribution is 2.27. The van der Waals surface area contributed by atoms with Gasteiger partial charge in [-0.3, -0.25) is 0 Å². The Morgan fingerprint density at radius 3 is 2.57 bits per heavy atom. The maximum Gasteiger partial charge on any atom is 0.111 e. The van der Waals surface area contributed by atoms with Crippen molar-refractivity contribution in [2.45, 2.75) is 26.3 Å². The lowest BCUT2D eigenvalue weighted by atomic mass is 10.1. The maximum absolute atomic E-state index is 5.97. The van der Waals surface area contributed by atoms with E-state index >= 15 is 0 Å². The largest absolute Gasteiger partial charge is 0.321 e. The van der Waals surface area contributed by atoms with Crippen molar-refractivity contribution in [2.75, 3.05) is 5.88 Å². The summed E-state index contributed by atoms with van der Waals surface area (Å²) in [5.74, 6) is 1.65. The predicted molar refractivity (Wildman–Crippen MR) is 89.1 cm³/mol. The quantitative estimate of drug-likeness (QED) is 0.636. The average molecular weight is 299 g/mol. The van der Waals surface area contributed by atoms with Crippen molar-refractivity contribution in [1.29, 1.82) is 0 Å². The number of aromatic nitrogens is 2. The van der Waals surface area contributed by atoms with E-state index in [1.165, 1.54) is 16.6 Å². The molecule has 1 heterocycles. The fourth-order valence-corrected chi connectivity index (χ4v) is 3.05. The average Bonchev–Trinajstić information content (AvgIpc) is 2.87. The molecule has 0 saturated heterocycles. The maximum atomic E-state index is 5.97. The molecule has 0 aliphatic carbocycles. The number of rotatable bonds is 4. The normalized spacial score (nSPS) is 12.7. The Balaban J connectivity index is 2.20. The van der Waals surface area contributed by atoms with Crippen LogP contribution >= 0.6 is 11.6 Å². The minimum Gasteiger partial charge on any atom is -0.321 e. The molecular weight excluding hydrogens is 280 g/mol. The minimum atomic E-state index is 0.246. The van der Waals surface area contributed by atoms with Crippen molar-refractivity contribution < 1.29 is 0 Å². The van der Waals surface area contributed by atoms with Gasteiger partial charge in [0, 0.05) is 12.3 Å². The van der Waals surface area contributed by atoms with Crippen LogP contribution in [0.1, 0.15) is 29.9 Å². The zero-order chi connectivity index (χ0) is 14.8. The molecule has 3 heteroatoms. The lowest BCUT2D eigenvalue weighted by Gasteiger charge is -2.18. The Kier molecular flexibility index (Phi) is 3.98. The first kappa shape index (κ1) is 14.2. The number of nitrogens with zero attached hydrogens (tertiary/aromatic N) is 2. The monoisotopic (exact) mass is 298 g/mol. The number of benzene rings is 2. The highest BCUT2D eigenvalue weighted by atomic mass is 35.5. The topological polar surface area (TPSA) is 17.8 Å². The molecule has 0 fully saturated rings. The van der Waals surface area contributed by atoms with Crippen molar-refractivity contribution in [3.63, 3.8) is 0 Å². The van der Waals surface area contributed by atoms with Gasteiger partial charge in [0.25, 0.3) is 0 Å². The molecule has 2 nitrogen and oxygen atoms in total. The van der Waals surface area contributed by atoms with Crippen molar-refractivity contribution in [1.82, 2.24) is 9.55 Å². The molecule has 0 aliphatic heterocycles. The van der Waals surface area contributed by atoms with Crippen molar-refractivity contribution >= 4 is 22.6 Å². The van der Waals surface area contributed by atoms with Crippen LogP contribution in [0.25, 0.3) is 11.0 Å². The Labute approximate surface area is 130 Å². The van der Waals surface area contributed by atoms with Crippen LogP contribution in [0.4, 0.5) is 0 Å². The van der Waals surface area contributed by atoms with Crippen LogP contribution in [-0.4, -0.2) is 15.4 Å². The molecule has 1 unspecified atom stereocenters. The van der Waals surface area contributed by atoms with Gasteiger partial charge < -0.3 is 4.57 Å². The van der Waals surface area contributed by atoms with Crippen molar-refractivity contribution in [3.8, 4) is 0 Å². The third-order valence-corrected chi connectivity index (χ3v) is 4.17. The first-order valence-corrected chi connectivity index (χ1v) is 7.83. The van der Waals surface area contributed by atoms with Gasteiger partial charge in [0.05, 0.1) is 17.1 Å². The molecule has 0 amide bonds. The summed E-state index contributed by atoms with van der Waals surface area (Å²) in [4.78, 5) is 4.83. The van der Waals surface area contributed by atoms with E-state index in [1.807, 2.05) is 6.07 Å². The van der Waals surface area contributed by atoms with Gasteiger partial charge in [-0.15, -0.1) is 11.6 Å². The molecular formula is C18H19ClN2. The Bertz CT molecular complexity index is 747. The number of hydrogen-bond acceptors (Lipinski definition) is 1. The van der Waals surface area contributed by atoms with Crippen molar-refractivity contribution in [2.24, 2.45) is 0 Å². The summed E-state index contributed by atoms with van der Waals surface area (Å²) in [6.45, 7) is 4.33. The molecule has 0 radical (unpaired) electrons. The minimum absolute atomic E-state index is 0.246. The molecule has 0 spiro atoms. The molecule has 21 heavy (non-hydrogen) atoms. The Hall–Kier alpha value is -1.80. The summed E-state index contributed by atoms with van der Waals surface area (Å²) in [7, 11) is 0. The number of fused-ring (bicyclic) bond motifs is 1. The van der Waals surface area contributed by atoms with Crippen LogP contribution < -0.4 is 0 Å². The van der Waals surface area contributed by atoms with E-state index in [-0.39, 0.29) is 6.04 Å². The first-order valence-electron chi connectivity index (χ1n) is 7.29. The standard InChI is InChI=1S/C18H19ClN2/c1-13-7-6-10-16-18(13)20-17(11-12-19)21(16)14(2)15-8-4-3-5-9-15/h3-10,14H,11-12H2,1-2H3. The van der Waals surface area contributed by atoms with Gasteiger partial charge in [-0.05, 0) is 31.0 Å². The molecule has 0 N–H and O–H groups in total. The van der Waals surface area contributed by atoms with Crippen LogP contribution in [0.5, 0.6) is 0 Å². The Morgan fingerprint density at radius 2 is 1.86 bits per heavy atom. The molecule has 3 aromatic rings. The van der Waals surface area contributed by atoms with Gasteiger partial charge in [-0.2, -0.15) is 0 Å². The fourth-order valence-electron chi connectivity index (χ4n) is 2.88. The van der Waals surface area contributed by atoms with Crippen LogP contribution in [0.15, 0.2) is 48.5 Å². The number of hydrogen-bond donors (Lipinski definition) is 0.